The average Bonchev–Trinajstić information content (AvgIpc) is 2.69. The van der Waals surface area contributed by atoms with Gasteiger partial charge in [-0.2, -0.15) is 0 Å². The number of morpholine rings is 1. The van der Waals surface area contributed by atoms with Gasteiger partial charge in [-0.3, -0.25) is 4.90 Å². The Hall–Kier alpha value is -0.900. The van der Waals surface area contributed by atoms with Gasteiger partial charge in [0.2, 0.25) is 0 Å². The molecule has 3 rings (SSSR count). The van der Waals surface area contributed by atoms with Crippen LogP contribution >= 0.6 is 0 Å². The number of aliphatic hydroxyl groups is 1. The molecule has 2 unspecified atom stereocenters. The fourth-order valence-corrected chi connectivity index (χ4v) is 2.79. The van der Waals surface area contributed by atoms with E-state index in [-0.39, 0.29) is 12.1 Å². The molecule has 86 valence electrons. The van der Waals surface area contributed by atoms with E-state index < -0.39 is 0 Å². The maximum Gasteiger partial charge on any atom is 0.0951 e. The van der Waals surface area contributed by atoms with Crippen LogP contribution in [0.15, 0.2) is 24.3 Å². The van der Waals surface area contributed by atoms with Crippen LogP contribution in [0.5, 0.6) is 0 Å². The minimum atomic E-state index is -0.325. The van der Waals surface area contributed by atoms with E-state index in [0.717, 1.165) is 38.3 Å². The molecule has 3 heteroatoms. The topological polar surface area (TPSA) is 32.7 Å². The third-order valence-electron chi connectivity index (χ3n) is 3.68. The van der Waals surface area contributed by atoms with Crippen LogP contribution in [0.2, 0.25) is 0 Å². The molecular weight excluding hydrogens is 202 g/mol. The van der Waals surface area contributed by atoms with Crippen molar-refractivity contribution in [1.82, 2.24) is 4.90 Å². The van der Waals surface area contributed by atoms with Crippen LogP contribution in [-0.4, -0.2) is 42.4 Å². The second kappa shape index (κ2) is 4.17. The van der Waals surface area contributed by atoms with Crippen molar-refractivity contribution in [2.45, 2.75) is 18.6 Å². The van der Waals surface area contributed by atoms with Gasteiger partial charge in [0.1, 0.15) is 0 Å². The lowest BCUT2D eigenvalue weighted by molar-refractivity contribution is -0.0163. The van der Waals surface area contributed by atoms with Gasteiger partial charge < -0.3 is 9.84 Å². The van der Waals surface area contributed by atoms with Crippen molar-refractivity contribution in [2.24, 2.45) is 0 Å². The van der Waals surface area contributed by atoms with Gasteiger partial charge in [0.25, 0.3) is 0 Å². The predicted octanol–water partition coefficient (Wildman–Crippen LogP) is 0.977. The molecule has 1 aromatic rings. The fourth-order valence-electron chi connectivity index (χ4n) is 2.79. The first-order valence-corrected chi connectivity index (χ1v) is 5.94. The van der Waals surface area contributed by atoms with E-state index in [1.54, 1.807) is 0 Å². The maximum atomic E-state index is 10.3. The van der Waals surface area contributed by atoms with Gasteiger partial charge >= 0.3 is 0 Å². The van der Waals surface area contributed by atoms with Crippen LogP contribution in [0.25, 0.3) is 0 Å². The second-order valence-corrected chi connectivity index (χ2v) is 4.56. The molecule has 1 aliphatic heterocycles. The first-order chi connectivity index (χ1) is 7.86. The van der Waals surface area contributed by atoms with Crippen molar-refractivity contribution in [2.75, 3.05) is 26.3 Å². The van der Waals surface area contributed by atoms with Crippen molar-refractivity contribution in [3.8, 4) is 0 Å². The van der Waals surface area contributed by atoms with E-state index in [1.165, 1.54) is 5.56 Å². The number of aliphatic hydroxyl groups excluding tert-OH is 1. The zero-order valence-corrected chi connectivity index (χ0v) is 9.30. The van der Waals surface area contributed by atoms with Crippen LogP contribution in [0.4, 0.5) is 0 Å². The Morgan fingerprint density at radius 1 is 1.19 bits per heavy atom. The average molecular weight is 219 g/mol. The molecule has 2 aliphatic rings. The maximum absolute atomic E-state index is 10.3. The van der Waals surface area contributed by atoms with Crippen molar-refractivity contribution < 1.29 is 9.84 Å². The number of nitrogens with zero attached hydrogens (tertiary/aromatic N) is 1. The summed E-state index contributed by atoms with van der Waals surface area (Å²) in [6.07, 6.45) is 0.645. The third-order valence-corrected chi connectivity index (χ3v) is 3.68. The van der Waals surface area contributed by atoms with E-state index in [4.69, 9.17) is 4.74 Å². The predicted molar refractivity (Wildman–Crippen MR) is 61.3 cm³/mol. The number of hydrogen-bond donors (Lipinski definition) is 1. The van der Waals surface area contributed by atoms with E-state index >= 15 is 0 Å². The first kappa shape index (κ1) is 10.3. The third kappa shape index (κ3) is 1.65. The van der Waals surface area contributed by atoms with Gasteiger partial charge in [0, 0.05) is 19.1 Å². The quantitative estimate of drug-likeness (QED) is 0.764. The minimum Gasteiger partial charge on any atom is -0.387 e. The molecule has 1 saturated heterocycles. The van der Waals surface area contributed by atoms with E-state index in [2.05, 4.69) is 11.0 Å². The SMILES string of the molecule is OC1c2ccccc2CC1N1CCOCC1. The molecule has 1 N–H and O–H groups in total. The second-order valence-electron chi connectivity index (χ2n) is 4.56. The Morgan fingerprint density at radius 2 is 1.94 bits per heavy atom. The normalized spacial score (nSPS) is 30.3. The zero-order valence-electron chi connectivity index (χ0n) is 9.30. The summed E-state index contributed by atoms with van der Waals surface area (Å²) in [5.41, 5.74) is 2.41. The molecule has 0 aromatic heterocycles. The summed E-state index contributed by atoms with van der Waals surface area (Å²) in [7, 11) is 0. The van der Waals surface area contributed by atoms with Gasteiger partial charge in [0.05, 0.1) is 19.3 Å². The molecule has 0 radical (unpaired) electrons. The summed E-state index contributed by atoms with van der Waals surface area (Å²) >= 11 is 0. The zero-order chi connectivity index (χ0) is 11.0. The number of benzene rings is 1. The van der Waals surface area contributed by atoms with Crippen LogP contribution in [0.1, 0.15) is 17.2 Å². The number of rotatable bonds is 1. The highest BCUT2D eigenvalue weighted by molar-refractivity contribution is 5.35. The van der Waals surface area contributed by atoms with Gasteiger partial charge in [-0.25, -0.2) is 0 Å². The highest BCUT2D eigenvalue weighted by Crippen LogP contribution is 2.34. The Kier molecular flexibility index (Phi) is 2.67. The van der Waals surface area contributed by atoms with Crippen molar-refractivity contribution in [3.63, 3.8) is 0 Å². The molecule has 0 bridgehead atoms. The first-order valence-electron chi connectivity index (χ1n) is 5.94. The van der Waals surface area contributed by atoms with E-state index in [0.29, 0.717) is 0 Å². The largest absolute Gasteiger partial charge is 0.387 e. The smallest absolute Gasteiger partial charge is 0.0951 e. The van der Waals surface area contributed by atoms with Gasteiger partial charge in [-0.05, 0) is 17.5 Å². The van der Waals surface area contributed by atoms with Gasteiger partial charge in [-0.1, -0.05) is 24.3 Å². The summed E-state index contributed by atoms with van der Waals surface area (Å²) in [6, 6.07) is 8.47. The summed E-state index contributed by atoms with van der Waals surface area (Å²) in [6.45, 7) is 3.46. The lowest BCUT2D eigenvalue weighted by Crippen LogP contribution is -2.45. The lowest BCUT2D eigenvalue weighted by Gasteiger charge is -2.33. The van der Waals surface area contributed by atoms with Gasteiger partial charge in [-0.15, -0.1) is 0 Å². The molecule has 1 heterocycles. The van der Waals surface area contributed by atoms with Crippen LogP contribution < -0.4 is 0 Å². The molecule has 2 atom stereocenters. The molecule has 16 heavy (non-hydrogen) atoms. The number of hydrogen-bond acceptors (Lipinski definition) is 3. The highest BCUT2D eigenvalue weighted by Gasteiger charge is 2.35. The molecular formula is C13H17NO2. The fraction of sp³-hybridized carbons (Fsp3) is 0.538. The summed E-state index contributed by atoms with van der Waals surface area (Å²) in [5, 5.41) is 10.3. The minimum absolute atomic E-state index is 0.251. The van der Waals surface area contributed by atoms with Gasteiger partial charge in [0.15, 0.2) is 0 Å². The summed E-state index contributed by atoms with van der Waals surface area (Å²) in [4.78, 5) is 2.36. The molecule has 3 nitrogen and oxygen atoms in total. The Morgan fingerprint density at radius 3 is 2.69 bits per heavy atom. The van der Waals surface area contributed by atoms with Crippen molar-refractivity contribution >= 4 is 0 Å². The number of ether oxygens (including phenoxy) is 1. The molecule has 1 aromatic carbocycles. The van der Waals surface area contributed by atoms with E-state index in [1.807, 2.05) is 18.2 Å². The molecule has 0 spiro atoms. The molecule has 1 aliphatic carbocycles. The number of fused-ring (bicyclic) bond motifs is 1. The van der Waals surface area contributed by atoms with E-state index in [9.17, 15) is 5.11 Å². The Labute approximate surface area is 95.6 Å². The van der Waals surface area contributed by atoms with Crippen molar-refractivity contribution in [1.29, 1.82) is 0 Å². The highest BCUT2D eigenvalue weighted by atomic mass is 16.5. The standard InChI is InChI=1S/C13H17NO2/c15-13-11-4-2-1-3-10(11)9-12(13)14-5-7-16-8-6-14/h1-4,12-13,15H,5-9H2. The molecule has 0 saturated carbocycles. The Balaban J connectivity index is 1.80. The van der Waals surface area contributed by atoms with Crippen LogP contribution in [0.3, 0.4) is 0 Å². The molecule has 1 fully saturated rings. The lowest BCUT2D eigenvalue weighted by atomic mass is 10.1. The summed E-state index contributed by atoms with van der Waals surface area (Å²) < 4.78 is 5.35. The van der Waals surface area contributed by atoms with Crippen LogP contribution in [0, 0.1) is 0 Å². The Bertz CT molecular complexity index is 374. The summed E-state index contributed by atoms with van der Waals surface area (Å²) in [5.74, 6) is 0. The molecule has 0 amide bonds. The van der Waals surface area contributed by atoms with Crippen LogP contribution in [-0.2, 0) is 11.2 Å². The van der Waals surface area contributed by atoms with Crippen molar-refractivity contribution in [3.05, 3.63) is 35.4 Å². The monoisotopic (exact) mass is 219 g/mol.